The van der Waals surface area contributed by atoms with Crippen molar-refractivity contribution in [2.24, 2.45) is 5.73 Å². The summed E-state index contributed by atoms with van der Waals surface area (Å²) in [7, 11) is 0. The molecule has 0 fully saturated rings. The Morgan fingerprint density at radius 1 is 1.26 bits per heavy atom. The summed E-state index contributed by atoms with van der Waals surface area (Å²) in [5.41, 5.74) is 7.57. The predicted molar refractivity (Wildman–Crippen MR) is 65.4 cm³/mol. The Morgan fingerprint density at radius 3 is 2.53 bits per heavy atom. The third-order valence-electron chi connectivity index (χ3n) is 2.91. The maximum atomic E-state index is 12.4. The highest BCUT2D eigenvalue weighted by Gasteiger charge is 2.33. The largest absolute Gasteiger partial charge is 0.435 e. The first-order chi connectivity index (χ1) is 8.90. The number of nitrogens with two attached hydrogens (primary N) is 1. The number of aryl methyl sites for hydroxylation is 1. The maximum absolute atomic E-state index is 12.4. The van der Waals surface area contributed by atoms with Crippen LogP contribution in [0, 0.1) is 6.92 Å². The van der Waals surface area contributed by atoms with Gasteiger partial charge in [-0.3, -0.25) is 4.68 Å². The van der Waals surface area contributed by atoms with Gasteiger partial charge in [-0.15, -0.1) is 0 Å². The van der Waals surface area contributed by atoms with Crippen molar-refractivity contribution in [1.82, 2.24) is 9.78 Å². The topological polar surface area (TPSA) is 43.8 Å². The molecule has 2 rings (SSSR count). The van der Waals surface area contributed by atoms with Gasteiger partial charge < -0.3 is 5.73 Å². The van der Waals surface area contributed by atoms with E-state index in [1.54, 1.807) is 0 Å². The number of alkyl halides is 3. The monoisotopic (exact) mass is 269 g/mol. The summed E-state index contributed by atoms with van der Waals surface area (Å²) in [6.45, 7) is 2.66. The first-order valence-electron chi connectivity index (χ1n) is 5.79. The highest BCUT2D eigenvalue weighted by atomic mass is 19.4. The van der Waals surface area contributed by atoms with E-state index in [9.17, 15) is 13.2 Å². The van der Waals surface area contributed by atoms with Crippen molar-refractivity contribution in [3.05, 3.63) is 52.8 Å². The lowest BCUT2D eigenvalue weighted by Crippen LogP contribution is -2.09. The molecule has 2 aromatic rings. The maximum Gasteiger partial charge on any atom is 0.435 e. The molecule has 1 heterocycles. The second-order valence-corrected chi connectivity index (χ2v) is 4.36. The average Bonchev–Trinajstić information content (AvgIpc) is 2.80. The van der Waals surface area contributed by atoms with Gasteiger partial charge in [0.15, 0.2) is 5.69 Å². The van der Waals surface area contributed by atoms with E-state index < -0.39 is 11.9 Å². The van der Waals surface area contributed by atoms with E-state index in [4.69, 9.17) is 5.73 Å². The minimum Gasteiger partial charge on any atom is -0.326 e. The van der Waals surface area contributed by atoms with Gasteiger partial charge in [-0.05, 0) is 29.7 Å². The molecule has 6 heteroatoms. The van der Waals surface area contributed by atoms with Crippen LogP contribution in [0.25, 0.3) is 0 Å². The van der Waals surface area contributed by atoms with E-state index in [-0.39, 0.29) is 0 Å². The SMILES string of the molecule is Cc1cc(CN)ccc1Cn1ccc(C(F)(F)F)n1. The molecular formula is C13H14F3N3. The molecule has 1 aromatic heterocycles. The molecule has 3 nitrogen and oxygen atoms in total. The molecule has 0 saturated heterocycles. The molecule has 0 saturated carbocycles. The second kappa shape index (κ2) is 5.05. The van der Waals surface area contributed by atoms with E-state index in [0.29, 0.717) is 13.1 Å². The molecule has 0 aliphatic rings. The van der Waals surface area contributed by atoms with Gasteiger partial charge in [0.05, 0.1) is 6.54 Å². The van der Waals surface area contributed by atoms with Crippen LogP contribution in [-0.2, 0) is 19.3 Å². The normalized spacial score (nSPS) is 11.8. The molecule has 0 bridgehead atoms. The Kier molecular flexibility index (Phi) is 3.61. The first-order valence-corrected chi connectivity index (χ1v) is 5.79. The van der Waals surface area contributed by atoms with E-state index in [1.165, 1.54) is 10.9 Å². The van der Waals surface area contributed by atoms with Crippen molar-refractivity contribution < 1.29 is 13.2 Å². The Morgan fingerprint density at radius 2 is 2.00 bits per heavy atom. The van der Waals surface area contributed by atoms with Crippen LogP contribution >= 0.6 is 0 Å². The van der Waals surface area contributed by atoms with Crippen molar-refractivity contribution in [2.45, 2.75) is 26.2 Å². The predicted octanol–water partition coefficient (Wildman–Crippen LogP) is 2.72. The Bertz CT molecular complexity index is 573. The van der Waals surface area contributed by atoms with Crippen LogP contribution in [0.4, 0.5) is 13.2 Å². The fourth-order valence-electron chi connectivity index (χ4n) is 1.84. The Balaban J connectivity index is 2.20. The summed E-state index contributed by atoms with van der Waals surface area (Å²) in [6.07, 6.45) is -3.07. The van der Waals surface area contributed by atoms with Gasteiger partial charge >= 0.3 is 6.18 Å². The summed E-state index contributed by atoms with van der Waals surface area (Å²) in [5.74, 6) is 0. The third-order valence-corrected chi connectivity index (χ3v) is 2.91. The molecule has 0 aliphatic heterocycles. The zero-order valence-electron chi connectivity index (χ0n) is 10.4. The fraction of sp³-hybridized carbons (Fsp3) is 0.308. The first kappa shape index (κ1) is 13.6. The third kappa shape index (κ3) is 3.14. The molecule has 0 unspecified atom stereocenters. The average molecular weight is 269 g/mol. The highest BCUT2D eigenvalue weighted by Crippen LogP contribution is 2.27. The van der Waals surface area contributed by atoms with Gasteiger partial charge in [0, 0.05) is 12.7 Å². The molecule has 1 aromatic carbocycles. The Labute approximate surface area is 108 Å². The second-order valence-electron chi connectivity index (χ2n) is 4.36. The Hall–Kier alpha value is -1.82. The van der Waals surface area contributed by atoms with Crippen molar-refractivity contribution >= 4 is 0 Å². The lowest BCUT2D eigenvalue weighted by atomic mass is 10.1. The van der Waals surface area contributed by atoms with Crippen LogP contribution in [0.2, 0.25) is 0 Å². The quantitative estimate of drug-likeness (QED) is 0.931. The van der Waals surface area contributed by atoms with Crippen LogP contribution in [0.3, 0.4) is 0 Å². The van der Waals surface area contributed by atoms with E-state index >= 15 is 0 Å². The van der Waals surface area contributed by atoms with E-state index in [0.717, 1.165) is 22.8 Å². The molecule has 19 heavy (non-hydrogen) atoms. The zero-order valence-corrected chi connectivity index (χ0v) is 10.4. The minimum atomic E-state index is -4.40. The van der Waals surface area contributed by atoms with Crippen molar-refractivity contribution in [2.75, 3.05) is 0 Å². The zero-order chi connectivity index (χ0) is 14.0. The van der Waals surface area contributed by atoms with Crippen molar-refractivity contribution in [1.29, 1.82) is 0 Å². The number of rotatable bonds is 3. The molecule has 0 amide bonds. The van der Waals surface area contributed by atoms with Crippen LogP contribution in [0.1, 0.15) is 22.4 Å². The molecule has 102 valence electrons. The lowest BCUT2D eigenvalue weighted by Gasteiger charge is -2.08. The summed E-state index contributed by atoms with van der Waals surface area (Å²) in [6, 6.07) is 6.65. The number of nitrogens with zero attached hydrogens (tertiary/aromatic N) is 2. The van der Waals surface area contributed by atoms with Crippen LogP contribution in [0.5, 0.6) is 0 Å². The van der Waals surface area contributed by atoms with Gasteiger partial charge in [-0.1, -0.05) is 18.2 Å². The summed E-state index contributed by atoms with van der Waals surface area (Å²) < 4.78 is 38.6. The molecular weight excluding hydrogens is 255 g/mol. The molecule has 0 atom stereocenters. The molecule has 0 spiro atoms. The van der Waals surface area contributed by atoms with Crippen LogP contribution in [0.15, 0.2) is 30.5 Å². The summed E-state index contributed by atoms with van der Waals surface area (Å²) in [5, 5.41) is 3.53. The van der Waals surface area contributed by atoms with Gasteiger partial charge in [0.2, 0.25) is 0 Å². The molecule has 0 aliphatic carbocycles. The summed E-state index contributed by atoms with van der Waals surface area (Å²) in [4.78, 5) is 0. The molecule has 2 N–H and O–H groups in total. The van der Waals surface area contributed by atoms with Gasteiger partial charge in [-0.2, -0.15) is 18.3 Å². The standard InChI is InChI=1S/C13H14F3N3/c1-9-6-10(7-17)2-3-11(9)8-19-5-4-12(18-19)13(14,15)16/h2-6H,7-8,17H2,1H3. The minimum absolute atomic E-state index is 0.312. The van der Waals surface area contributed by atoms with Crippen LogP contribution in [-0.4, -0.2) is 9.78 Å². The van der Waals surface area contributed by atoms with Crippen LogP contribution < -0.4 is 5.73 Å². The fourth-order valence-corrected chi connectivity index (χ4v) is 1.84. The number of hydrogen-bond donors (Lipinski definition) is 1. The lowest BCUT2D eigenvalue weighted by molar-refractivity contribution is -0.141. The summed E-state index contributed by atoms with van der Waals surface area (Å²) >= 11 is 0. The number of hydrogen-bond acceptors (Lipinski definition) is 2. The van der Waals surface area contributed by atoms with E-state index in [2.05, 4.69) is 5.10 Å². The van der Waals surface area contributed by atoms with Crippen molar-refractivity contribution in [3.8, 4) is 0 Å². The van der Waals surface area contributed by atoms with Gasteiger partial charge in [-0.25, -0.2) is 0 Å². The smallest absolute Gasteiger partial charge is 0.326 e. The van der Waals surface area contributed by atoms with Gasteiger partial charge in [0.1, 0.15) is 0 Å². The van der Waals surface area contributed by atoms with E-state index in [1.807, 2.05) is 25.1 Å². The van der Waals surface area contributed by atoms with Crippen molar-refractivity contribution in [3.63, 3.8) is 0 Å². The number of benzene rings is 1. The number of halogens is 3. The molecule has 0 radical (unpaired) electrons. The number of aromatic nitrogens is 2. The highest BCUT2D eigenvalue weighted by molar-refractivity contribution is 5.31. The van der Waals surface area contributed by atoms with Gasteiger partial charge in [0.25, 0.3) is 0 Å².